The molecule has 0 radical (unpaired) electrons. The summed E-state index contributed by atoms with van der Waals surface area (Å²) in [4.78, 5) is 4.82. The number of hydrogen-bond donors (Lipinski definition) is 1. The minimum absolute atomic E-state index is 0.189. The normalized spacial score (nSPS) is 19.4. The molecular formula is C19H24N4O3. The predicted octanol–water partition coefficient (Wildman–Crippen LogP) is 2.19. The van der Waals surface area contributed by atoms with Crippen LogP contribution in [0.25, 0.3) is 11.0 Å². The van der Waals surface area contributed by atoms with Gasteiger partial charge < -0.3 is 9.52 Å². The molecule has 1 aliphatic heterocycles. The lowest BCUT2D eigenvalue weighted by molar-refractivity contribution is 0.0455. The van der Waals surface area contributed by atoms with Crippen molar-refractivity contribution in [1.82, 2.24) is 20.1 Å². The van der Waals surface area contributed by atoms with Gasteiger partial charge in [0.15, 0.2) is 0 Å². The van der Waals surface area contributed by atoms with E-state index in [4.69, 9.17) is 9.05 Å². The summed E-state index contributed by atoms with van der Waals surface area (Å²) in [5, 5.41) is 17.5. The van der Waals surface area contributed by atoms with Gasteiger partial charge in [-0.1, -0.05) is 12.1 Å². The minimum atomic E-state index is 0.189. The van der Waals surface area contributed by atoms with Crippen molar-refractivity contribution < 1.29 is 14.2 Å². The molecular weight excluding hydrogens is 332 g/mol. The third-order valence-corrected chi connectivity index (χ3v) is 5.07. The zero-order chi connectivity index (χ0) is 17.9. The van der Waals surface area contributed by atoms with Gasteiger partial charge in [0.05, 0.1) is 6.54 Å². The van der Waals surface area contributed by atoms with Crippen LogP contribution in [0.5, 0.6) is 0 Å². The minimum Gasteiger partial charge on any atom is -0.465 e. The number of hydrogen-bond acceptors (Lipinski definition) is 7. The number of aryl methyl sites for hydroxylation is 1. The molecule has 1 aromatic carbocycles. The number of aromatic nitrogens is 2. The molecule has 138 valence electrons. The first kappa shape index (κ1) is 17.2. The topological polar surface area (TPSA) is 78.8 Å². The molecule has 7 nitrogen and oxygen atoms in total. The molecule has 3 heterocycles. The summed E-state index contributed by atoms with van der Waals surface area (Å²) in [6.07, 6.45) is 0.756. The van der Waals surface area contributed by atoms with Crippen molar-refractivity contribution in [2.24, 2.45) is 0 Å². The average Bonchev–Trinajstić information content (AvgIpc) is 3.27. The number of furan rings is 1. The Kier molecular flexibility index (Phi) is 5.01. The monoisotopic (exact) mass is 356 g/mol. The first-order valence-electron chi connectivity index (χ1n) is 9.05. The largest absolute Gasteiger partial charge is 0.465 e. The molecule has 0 amide bonds. The van der Waals surface area contributed by atoms with Crippen LogP contribution in [0.3, 0.4) is 0 Å². The van der Waals surface area contributed by atoms with Gasteiger partial charge in [-0.25, -0.2) is 4.63 Å². The third-order valence-electron chi connectivity index (χ3n) is 5.07. The van der Waals surface area contributed by atoms with E-state index in [0.29, 0.717) is 6.04 Å². The van der Waals surface area contributed by atoms with Crippen LogP contribution in [-0.2, 0) is 13.1 Å². The second-order valence-electron chi connectivity index (χ2n) is 6.93. The van der Waals surface area contributed by atoms with Gasteiger partial charge in [0, 0.05) is 38.8 Å². The first-order chi connectivity index (χ1) is 12.7. The predicted molar refractivity (Wildman–Crippen MR) is 96.4 cm³/mol. The summed E-state index contributed by atoms with van der Waals surface area (Å²) < 4.78 is 10.6. The van der Waals surface area contributed by atoms with Crippen LogP contribution in [-0.4, -0.2) is 57.5 Å². The van der Waals surface area contributed by atoms with Gasteiger partial charge in [-0.2, -0.15) is 0 Å². The highest BCUT2D eigenvalue weighted by molar-refractivity contribution is 5.76. The summed E-state index contributed by atoms with van der Waals surface area (Å²) in [5.41, 5.74) is 2.75. The van der Waals surface area contributed by atoms with E-state index in [-0.39, 0.29) is 6.61 Å². The van der Waals surface area contributed by atoms with E-state index < -0.39 is 0 Å². The van der Waals surface area contributed by atoms with Crippen LogP contribution >= 0.6 is 0 Å². The molecule has 0 bridgehead atoms. The molecule has 7 heteroatoms. The Morgan fingerprint density at radius 3 is 2.88 bits per heavy atom. The summed E-state index contributed by atoms with van der Waals surface area (Å²) in [5.74, 6) is 1.92. The van der Waals surface area contributed by atoms with Gasteiger partial charge in [0.1, 0.15) is 22.6 Å². The van der Waals surface area contributed by atoms with Crippen molar-refractivity contribution in [3.05, 3.63) is 47.4 Å². The maximum Gasteiger partial charge on any atom is 0.139 e. The molecule has 1 fully saturated rings. The van der Waals surface area contributed by atoms with Crippen molar-refractivity contribution >= 4 is 11.0 Å². The van der Waals surface area contributed by atoms with Gasteiger partial charge in [-0.15, -0.1) is 0 Å². The van der Waals surface area contributed by atoms with E-state index in [9.17, 15) is 5.11 Å². The third kappa shape index (κ3) is 3.65. The Balaban J connectivity index is 1.44. The summed E-state index contributed by atoms with van der Waals surface area (Å²) in [6, 6.07) is 10.3. The molecule has 26 heavy (non-hydrogen) atoms. The first-order valence-corrected chi connectivity index (χ1v) is 9.05. The lowest BCUT2D eigenvalue weighted by Gasteiger charge is -2.41. The molecule has 4 rings (SSSR count). The average molecular weight is 356 g/mol. The molecule has 3 aromatic rings. The van der Waals surface area contributed by atoms with E-state index in [1.807, 2.05) is 31.2 Å². The van der Waals surface area contributed by atoms with Crippen LogP contribution < -0.4 is 0 Å². The number of aliphatic hydroxyl groups excluding tert-OH is 1. The van der Waals surface area contributed by atoms with Gasteiger partial charge in [0.2, 0.25) is 0 Å². The summed E-state index contributed by atoms with van der Waals surface area (Å²) in [7, 11) is 0. The standard InChI is InChI=1S/C19H24N4O3/c1-14-5-6-17(25-14)13-23-9-8-22(12-16(23)7-10-24)11-15-3-2-4-18-19(15)21-26-20-18/h2-6,16,24H,7-13H2,1H3. The second-order valence-corrected chi connectivity index (χ2v) is 6.93. The fourth-order valence-corrected chi connectivity index (χ4v) is 3.73. The number of rotatable bonds is 6. The lowest BCUT2D eigenvalue weighted by atomic mass is 10.1. The maximum absolute atomic E-state index is 9.50. The maximum atomic E-state index is 9.50. The van der Waals surface area contributed by atoms with E-state index in [1.165, 1.54) is 0 Å². The van der Waals surface area contributed by atoms with Gasteiger partial charge in [-0.05, 0) is 47.4 Å². The zero-order valence-electron chi connectivity index (χ0n) is 15.0. The molecule has 0 spiro atoms. The van der Waals surface area contributed by atoms with Crippen LogP contribution in [0.2, 0.25) is 0 Å². The quantitative estimate of drug-likeness (QED) is 0.725. The molecule has 1 N–H and O–H groups in total. The summed E-state index contributed by atoms with van der Waals surface area (Å²) in [6.45, 7) is 6.56. The van der Waals surface area contributed by atoms with Crippen molar-refractivity contribution in [2.45, 2.75) is 32.5 Å². The van der Waals surface area contributed by atoms with E-state index in [1.54, 1.807) is 0 Å². The number of fused-ring (bicyclic) bond motifs is 1. The van der Waals surface area contributed by atoms with Crippen molar-refractivity contribution in [3.8, 4) is 0 Å². The molecule has 2 aromatic heterocycles. The Labute approximate surface area is 152 Å². The summed E-state index contributed by atoms with van der Waals surface area (Å²) >= 11 is 0. The molecule has 1 atom stereocenters. The number of aliphatic hydroxyl groups is 1. The highest BCUT2D eigenvalue weighted by Gasteiger charge is 2.27. The highest BCUT2D eigenvalue weighted by atomic mass is 16.6. The second kappa shape index (κ2) is 7.57. The van der Waals surface area contributed by atoms with Crippen molar-refractivity contribution in [1.29, 1.82) is 0 Å². The highest BCUT2D eigenvalue weighted by Crippen LogP contribution is 2.21. The Hall–Kier alpha value is -2.22. The van der Waals surface area contributed by atoms with Gasteiger partial charge in [-0.3, -0.25) is 9.80 Å². The molecule has 1 unspecified atom stereocenters. The molecule has 1 saturated heterocycles. The van der Waals surface area contributed by atoms with E-state index in [2.05, 4.69) is 26.2 Å². The number of nitrogens with zero attached hydrogens (tertiary/aromatic N) is 4. The molecule has 0 aliphatic carbocycles. The van der Waals surface area contributed by atoms with Crippen molar-refractivity contribution in [3.63, 3.8) is 0 Å². The van der Waals surface area contributed by atoms with Crippen LogP contribution in [0, 0.1) is 6.92 Å². The fraction of sp³-hybridized carbons (Fsp3) is 0.474. The fourth-order valence-electron chi connectivity index (χ4n) is 3.73. The lowest BCUT2D eigenvalue weighted by Crippen LogP contribution is -2.52. The van der Waals surface area contributed by atoms with E-state index >= 15 is 0 Å². The SMILES string of the molecule is Cc1ccc(CN2CCN(Cc3cccc4nonc34)CC2CCO)o1. The molecule has 0 saturated carbocycles. The smallest absolute Gasteiger partial charge is 0.139 e. The van der Waals surface area contributed by atoms with Gasteiger partial charge >= 0.3 is 0 Å². The Morgan fingerprint density at radius 1 is 1.15 bits per heavy atom. The van der Waals surface area contributed by atoms with Gasteiger partial charge in [0.25, 0.3) is 0 Å². The Bertz CT molecular complexity index is 859. The van der Waals surface area contributed by atoms with Crippen LogP contribution in [0.1, 0.15) is 23.5 Å². The number of benzene rings is 1. The number of piperazine rings is 1. The molecule has 1 aliphatic rings. The van der Waals surface area contributed by atoms with Crippen LogP contribution in [0.15, 0.2) is 39.4 Å². The Morgan fingerprint density at radius 2 is 2.08 bits per heavy atom. The van der Waals surface area contributed by atoms with Crippen LogP contribution in [0.4, 0.5) is 0 Å². The zero-order valence-corrected chi connectivity index (χ0v) is 15.0. The van der Waals surface area contributed by atoms with E-state index in [0.717, 1.165) is 67.3 Å². The van der Waals surface area contributed by atoms with Crippen molar-refractivity contribution in [2.75, 3.05) is 26.2 Å².